The molecule has 13 nitrogen and oxygen atoms in total. The van der Waals surface area contributed by atoms with Crippen molar-refractivity contribution in [2.75, 3.05) is 0 Å². The van der Waals surface area contributed by atoms with E-state index in [0.717, 1.165) is 0 Å². The van der Waals surface area contributed by atoms with Crippen molar-refractivity contribution in [3.8, 4) is 0 Å². The molecular formula is C22H30N4O9. The van der Waals surface area contributed by atoms with Crippen molar-refractivity contribution in [3.63, 3.8) is 0 Å². The number of amides is 3. The van der Waals surface area contributed by atoms with E-state index in [1.165, 1.54) is 6.92 Å². The van der Waals surface area contributed by atoms with Gasteiger partial charge in [0.1, 0.15) is 18.1 Å². The van der Waals surface area contributed by atoms with Crippen molar-refractivity contribution >= 4 is 35.6 Å². The summed E-state index contributed by atoms with van der Waals surface area (Å²) in [6.07, 6.45) is -1.43. The van der Waals surface area contributed by atoms with Crippen LogP contribution in [-0.4, -0.2) is 75.1 Å². The zero-order chi connectivity index (χ0) is 26.5. The van der Waals surface area contributed by atoms with E-state index in [1.807, 2.05) is 0 Å². The minimum absolute atomic E-state index is 0.0114. The topological polar surface area (TPSA) is 225 Å². The molecule has 0 radical (unpaired) electrons. The highest BCUT2D eigenvalue weighted by molar-refractivity contribution is 5.94. The lowest BCUT2D eigenvalue weighted by Gasteiger charge is -2.24. The average Bonchev–Trinajstić information content (AvgIpc) is 2.79. The van der Waals surface area contributed by atoms with E-state index < -0.39 is 66.2 Å². The van der Waals surface area contributed by atoms with Crippen LogP contribution in [0.1, 0.15) is 38.2 Å². The molecule has 192 valence electrons. The van der Waals surface area contributed by atoms with Gasteiger partial charge in [-0.25, -0.2) is 0 Å². The molecule has 13 heteroatoms. The Morgan fingerprint density at radius 1 is 0.771 bits per heavy atom. The number of rotatable bonds is 15. The van der Waals surface area contributed by atoms with Gasteiger partial charge in [-0.05, 0) is 25.3 Å². The van der Waals surface area contributed by atoms with Gasteiger partial charge in [-0.15, -0.1) is 0 Å². The fraction of sp³-hybridized carbons (Fsp3) is 0.455. The van der Waals surface area contributed by atoms with Crippen LogP contribution in [0.3, 0.4) is 0 Å². The number of carbonyl (C=O) groups is 6. The molecule has 0 aliphatic rings. The van der Waals surface area contributed by atoms with Crippen LogP contribution in [-0.2, 0) is 35.2 Å². The highest BCUT2D eigenvalue weighted by atomic mass is 16.4. The number of carbonyl (C=O) groups excluding carboxylic acids is 3. The molecular weight excluding hydrogens is 464 g/mol. The van der Waals surface area contributed by atoms with Crippen LogP contribution in [0.15, 0.2) is 30.3 Å². The molecule has 35 heavy (non-hydrogen) atoms. The van der Waals surface area contributed by atoms with E-state index in [-0.39, 0.29) is 25.7 Å². The van der Waals surface area contributed by atoms with Gasteiger partial charge in [-0.2, -0.15) is 0 Å². The summed E-state index contributed by atoms with van der Waals surface area (Å²) in [5.74, 6) is -6.23. The van der Waals surface area contributed by atoms with Crippen LogP contribution in [0.5, 0.6) is 0 Å². The Bertz CT molecular complexity index is 923. The molecule has 1 aromatic rings. The number of carboxylic acid groups (broad SMARTS) is 3. The van der Waals surface area contributed by atoms with E-state index in [4.69, 9.17) is 21.1 Å². The largest absolute Gasteiger partial charge is 0.481 e. The van der Waals surface area contributed by atoms with Gasteiger partial charge in [-0.1, -0.05) is 30.3 Å². The highest BCUT2D eigenvalue weighted by Crippen LogP contribution is 2.07. The smallest absolute Gasteiger partial charge is 0.325 e. The lowest BCUT2D eigenvalue weighted by molar-refractivity contribution is -0.142. The van der Waals surface area contributed by atoms with Gasteiger partial charge >= 0.3 is 17.9 Å². The van der Waals surface area contributed by atoms with E-state index in [0.29, 0.717) is 5.56 Å². The predicted octanol–water partition coefficient (Wildman–Crippen LogP) is -1.16. The molecule has 0 saturated carbocycles. The first-order valence-electron chi connectivity index (χ1n) is 10.8. The summed E-state index contributed by atoms with van der Waals surface area (Å²) in [6, 6.07) is 3.42. The standard InChI is InChI=1S/C22H30N4O9/c1-12(22(34)35)24-21(33)16(11-13-5-3-2-4-6-13)26-20(32)15(8-10-18(29)30)25-19(31)14(23)7-9-17(27)28/h2-6,12,14-16H,7-11,23H2,1H3,(H,24,33)(H,25,31)(H,26,32)(H,27,28)(H,29,30)(H,34,35). The first-order chi connectivity index (χ1) is 16.4. The summed E-state index contributed by atoms with van der Waals surface area (Å²) in [7, 11) is 0. The number of hydrogen-bond acceptors (Lipinski definition) is 7. The molecule has 0 aliphatic heterocycles. The fourth-order valence-electron chi connectivity index (χ4n) is 2.93. The monoisotopic (exact) mass is 494 g/mol. The molecule has 4 unspecified atom stereocenters. The van der Waals surface area contributed by atoms with Crippen LogP contribution in [0.2, 0.25) is 0 Å². The molecule has 0 aliphatic carbocycles. The van der Waals surface area contributed by atoms with E-state index in [9.17, 15) is 28.8 Å². The van der Waals surface area contributed by atoms with Crippen molar-refractivity contribution in [3.05, 3.63) is 35.9 Å². The zero-order valence-corrected chi connectivity index (χ0v) is 19.1. The number of aliphatic carboxylic acids is 3. The normalized spacial score (nSPS) is 14.0. The number of nitrogens with one attached hydrogen (secondary N) is 3. The Morgan fingerprint density at radius 3 is 1.83 bits per heavy atom. The number of hydrogen-bond donors (Lipinski definition) is 7. The summed E-state index contributed by atoms with van der Waals surface area (Å²) in [4.78, 5) is 70.9. The lowest BCUT2D eigenvalue weighted by Crippen LogP contribution is -2.57. The second-order valence-corrected chi connectivity index (χ2v) is 7.85. The van der Waals surface area contributed by atoms with Gasteiger partial charge in [0, 0.05) is 19.3 Å². The Labute approximate surface area is 201 Å². The molecule has 0 bridgehead atoms. The van der Waals surface area contributed by atoms with Crippen molar-refractivity contribution < 1.29 is 44.1 Å². The SMILES string of the molecule is CC(NC(=O)C(Cc1ccccc1)NC(=O)C(CCC(=O)O)NC(=O)C(N)CCC(=O)O)C(=O)O. The Morgan fingerprint density at radius 2 is 1.29 bits per heavy atom. The highest BCUT2D eigenvalue weighted by Gasteiger charge is 2.30. The second-order valence-electron chi connectivity index (χ2n) is 7.85. The maximum absolute atomic E-state index is 13.0. The molecule has 0 fully saturated rings. The maximum atomic E-state index is 13.0. The number of nitrogens with two attached hydrogens (primary N) is 1. The first-order valence-corrected chi connectivity index (χ1v) is 10.8. The van der Waals surface area contributed by atoms with E-state index in [1.54, 1.807) is 30.3 Å². The molecule has 0 spiro atoms. The Balaban J connectivity index is 3.04. The molecule has 3 amide bonds. The van der Waals surface area contributed by atoms with Crippen molar-refractivity contribution in [2.24, 2.45) is 5.73 Å². The molecule has 8 N–H and O–H groups in total. The first kappa shape index (κ1) is 29.0. The minimum Gasteiger partial charge on any atom is -0.481 e. The molecule has 0 saturated heterocycles. The van der Waals surface area contributed by atoms with Crippen LogP contribution in [0.4, 0.5) is 0 Å². The van der Waals surface area contributed by atoms with Gasteiger partial charge < -0.3 is 37.0 Å². The fourth-order valence-corrected chi connectivity index (χ4v) is 2.93. The van der Waals surface area contributed by atoms with Crippen LogP contribution >= 0.6 is 0 Å². The molecule has 0 aromatic heterocycles. The minimum atomic E-state index is -1.39. The maximum Gasteiger partial charge on any atom is 0.325 e. The summed E-state index contributed by atoms with van der Waals surface area (Å²) >= 11 is 0. The Hall–Kier alpha value is -4.00. The number of carboxylic acids is 3. The van der Waals surface area contributed by atoms with Crippen molar-refractivity contribution in [1.82, 2.24) is 16.0 Å². The third-order valence-electron chi connectivity index (χ3n) is 4.93. The zero-order valence-electron chi connectivity index (χ0n) is 19.1. The van der Waals surface area contributed by atoms with Gasteiger partial charge in [0.2, 0.25) is 17.7 Å². The van der Waals surface area contributed by atoms with Crippen LogP contribution in [0, 0.1) is 0 Å². The van der Waals surface area contributed by atoms with Crippen molar-refractivity contribution in [2.45, 2.75) is 63.2 Å². The lowest BCUT2D eigenvalue weighted by atomic mass is 10.0. The quantitative estimate of drug-likeness (QED) is 0.155. The third kappa shape index (κ3) is 11.1. The van der Waals surface area contributed by atoms with Crippen LogP contribution in [0.25, 0.3) is 0 Å². The Kier molecular flexibility index (Phi) is 11.9. The van der Waals surface area contributed by atoms with Gasteiger partial charge in [0.25, 0.3) is 0 Å². The summed E-state index contributed by atoms with van der Waals surface area (Å²) in [6.45, 7) is 1.25. The van der Waals surface area contributed by atoms with Crippen LogP contribution < -0.4 is 21.7 Å². The summed E-state index contributed by atoms with van der Waals surface area (Å²) in [5, 5.41) is 33.8. The van der Waals surface area contributed by atoms with E-state index >= 15 is 0 Å². The second kappa shape index (κ2) is 14.3. The third-order valence-corrected chi connectivity index (χ3v) is 4.93. The molecule has 0 heterocycles. The van der Waals surface area contributed by atoms with Gasteiger partial charge in [0.05, 0.1) is 6.04 Å². The predicted molar refractivity (Wildman–Crippen MR) is 121 cm³/mol. The van der Waals surface area contributed by atoms with E-state index in [2.05, 4.69) is 16.0 Å². The van der Waals surface area contributed by atoms with Gasteiger partial charge in [-0.3, -0.25) is 28.8 Å². The molecule has 1 aromatic carbocycles. The molecule has 4 atom stereocenters. The summed E-state index contributed by atoms with van der Waals surface area (Å²) < 4.78 is 0. The number of benzene rings is 1. The molecule has 1 rings (SSSR count). The average molecular weight is 495 g/mol. The van der Waals surface area contributed by atoms with Crippen molar-refractivity contribution in [1.29, 1.82) is 0 Å². The van der Waals surface area contributed by atoms with Gasteiger partial charge in [0.15, 0.2) is 0 Å². The summed E-state index contributed by atoms with van der Waals surface area (Å²) in [5.41, 5.74) is 6.31.